The van der Waals surface area contributed by atoms with Crippen molar-refractivity contribution in [1.82, 2.24) is 7.76 Å². The fourth-order valence-electron chi connectivity index (χ4n) is 1.86. The number of benzene rings is 2. The van der Waals surface area contributed by atoms with Crippen molar-refractivity contribution in [2.75, 3.05) is 0 Å². The Kier molecular flexibility index (Phi) is 3.68. The summed E-state index contributed by atoms with van der Waals surface area (Å²) >= 11 is -2.31. The first kappa shape index (κ1) is 13.1. The van der Waals surface area contributed by atoms with Gasteiger partial charge < -0.3 is 0 Å². The Labute approximate surface area is 124 Å². The molecule has 102 valence electrons. The van der Waals surface area contributed by atoms with Gasteiger partial charge in [0, 0.05) is 0 Å². The van der Waals surface area contributed by atoms with Gasteiger partial charge in [-0.3, -0.25) is 0 Å². The van der Waals surface area contributed by atoms with Gasteiger partial charge in [-0.05, 0) is 0 Å². The monoisotopic (exact) mass is 380 g/mol. The number of rotatable bonds is 3. The number of fused-ring (bicyclic) bond motifs is 1. The van der Waals surface area contributed by atoms with E-state index in [2.05, 4.69) is 4.98 Å². The van der Waals surface area contributed by atoms with Crippen molar-refractivity contribution in [1.29, 1.82) is 0 Å². The summed E-state index contributed by atoms with van der Waals surface area (Å²) in [5, 5.41) is 0. The van der Waals surface area contributed by atoms with E-state index in [9.17, 15) is 4.79 Å². The molecule has 0 bridgehead atoms. The molecule has 0 spiro atoms. The Balaban J connectivity index is 2.12. The summed E-state index contributed by atoms with van der Waals surface area (Å²) in [6.07, 6.45) is 1.77. The van der Waals surface area contributed by atoms with Crippen LogP contribution < -0.4 is 0 Å². The summed E-state index contributed by atoms with van der Waals surface area (Å²) in [5.41, 5.74) is 1.92. The van der Waals surface area contributed by atoms with Crippen LogP contribution in [0.4, 0.5) is 0 Å². The van der Waals surface area contributed by atoms with Crippen molar-refractivity contribution >= 4 is 37.5 Å². The van der Waals surface area contributed by atoms with Crippen LogP contribution >= 0.6 is 20.5 Å². The first-order valence-electron chi connectivity index (χ1n) is 6.12. The Hall–Kier alpha value is -1.89. The molecule has 1 aromatic heterocycles. The molecule has 0 saturated carbocycles. The molecule has 2 aromatic carbocycles. The second kappa shape index (κ2) is 5.62. The van der Waals surface area contributed by atoms with Gasteiger partial charge in [0.1, 0.15) is 0 Å². The fourth-order valence-corrected chi connectivity index (χ4v) is 5.78. The van der Waals surface area contributed by atoms with Gasteiger partial charge in [0.15, 0.2) is 0 Å². The van der Waals surface area contributed by atoms with E-state index in [0.29, 0.717) is 0 Å². The zero-order valence-corrected chi connectivity index (χ0v) is 13.0. The van der Waals surface area contributed by atoms with E-state index in [0.717, 1.165) is 14.6 Å². The Morgan fingerprint density at radius 1 is 1.10 bits per heavy atom. The molecule has 3 rings (SSSR count). The number of hydrogen-bond acceptors (Lipinski definition) is 3. The van der Waals surface area contributed by atoms with Gasteiger partial charge in [-0.15, -0.1) is 0 Å². The molecule has 0 saturated heterocycles. The molecule has 3 aromatic rings. The topological polar surface area (TPSA) is 44.1 Å². The Morgan fingerprint density at radius 3 is 2.55 bits per heavy atom. The SMILES string of the molecule is CC(=O)OI(c1ccccc1)n1cnc2ccccc21. The molecule has 0 unspecified atom stereocenters. The van der Waals surface area contributed by atoms with Crippen molar-refractivity contribution < 1.29 is 7.86 Å². The van der Waals surface area contributed by atoms with Crippen molar-refractivity contribution in [2.24, 2.45) is 0 Å². The summed E-state index contributed by atoms with van der Waals surface area (Å²) in [5.74, 6) is -0.253. The molecule has 0 amide bonds. The van der Waals surface area contributed by atoms with E-state index in [1.54, 1.807) is 6.33 Å². The summed E-state index contributed by atoms with van der Waals surface area (Å²) in [4.78, 5) is 15.8. The standard InChI is InChI=1S/C15H13IN2O2/c1-12(19)20-16(13-7-3-2-4-8-13)18-11-17-14-9-5-6-10-15(14)18/h2-11H,1H3. The third-order valence-electron chi connectivity index (χ3n) is 2.68. The predicted molar refractivity (Wildman–Crippen MR) is 86.1 cm³/mol. The first-order chi connectivity index (χ1) is 9.75. The molecule has 0 N–H and O–H groups in total. The maximum atomic E-state index is 11.4. The number of carbonyl (C=O) groups excluding carboxylic acids is 1. The van der Waals surface area contributed by atoms with Crippen LogP contribution in [0.2, 0.25) is 0 Å². The van der Waals surface area contributed by atoms with Crippen LogP contribution in [-0.4, -0.2) is 13.7 Å². The molecular formula is C15H13IN2O2. The van der Waals surface area contributed by atoms with E-state index in [1.807, 2.05) is 57.4 Å². The summed E-state index contributed by atoms with van der Waals surface area (Å²) in [7, 11) is 0. The second-order valence-corrected chi connectivity index (χ2v) is 8.18. The van der Waals surface area contributed by atoms with E-state index >= 15 is 0 Å². The summed E-state index contributed by atoms with van der Waals surface area (Å²) in [6.45, 7) is 1.45. The van der Waals surface area contributed by atoms with Crippen LogP contribution in [0.3, 0.4) is 0 Å². The van der Waals surface area contributed by atoms with E-state index in [4.69, 9.17) is 3.07 Å². The van der Waals surface area contributed by atoms with Crippen molar-refractivity contribution in [3.63, 3.8) is 0 Å². The number of nitrogens with zero attached hydrogens (tertiary/aromatic N) is 2. The Bertz CT molecular complexity index is 740. The van der Waals surface area contributed by atoms with Gasteiger partial charge in [-0.1, -0.05) is 0 Å². The Morgan fingerprint density at radius 2 is 1.80 bits per heavy atom. The van der Waals surface area contributed by atoms with E-state index < -0.39 is 20.5 Å². The van der Waals surface area contributed by atoms with Gasteiger partial charge in [-0.2, -0.15) is 0 Å². The number of para-hydroxylation sites is 2. The van der Waals surface area contributed by atoms with Crippen LogP contribution in [0.15, 0.2) is 60.9 Å². The summed E-state index contributed by atoms with van der Waals surface area (Å²) in [6, 6.07) is 17.8. The molecular weight excluding hydrogens is 367 g/mol. The normalized spacial score (nSPS) is 11.3. The van der Waals surface area contributed by atoms with Gasteiger partial charge in [0.2, 0.25) is 0 Å². The van der Waals surface area contributed by atoms with Crippen molar-refractivity contribution in [3.8, 4) is 0 Å². The van der Waals surface area contributed by atoms with Gasteiger partial charge in [0.05, 0.1) is 0 Å². The molecule has 20 heavy (non-hydrogen) atoms. The van der Waals surface area contributed by atoms with Crippen molar-refractivity contribution in [2.45, 2.75) is 6.92 Å². The molecule has 0 radical (unpaired) electrons. The quantitative estimate of drug-likeness (QED) is 0.652. The molecule has 0 aliphatic heterocycles. The van der Waals surface area contributed by atoms with Crippen LogP contribution in [0.5, 0.6) is 0 Å². The van der Waals surface area contributed by atoms with Crippen LogP contribution in [0, 0.1) is 3.57 Å². The number of imidazole rings is 1. The summed E-state index contributed by atoms with van der Waals surface area (Å²) < 4.78 is 8.72. The molecule has 0 aliphatic rings. The van der Waals surface area contributed by atoms with Crippen LogP contribution in [0.1, 0.15) is 6.92 Å². The third kappa shape index (κ3) is 2.53. The van der Waals surface area contributed by atoms with E-state index in [-0.39, 0.29) is 5.97 Å². The van der Waals surface area contributed by atoms with Gasteiger partial charge in [-0.25, -0.2) is 0 Å². The number of carbonyl (C=O) groups is 1. The maximum absolute atomic E-state index is 11.4. The van der Waals surface area contributed by atoms with E-state index in [1.165, 1.54) is 6.92 Å². The zero-order valence-electron chi connectivity index (χ0n) is 10.9. The average Bonchev–Trinajstić information content (AvgIpc) is 2.89. The minimum atomic E-state index is -2.31. The zero-order chi connectivity index (χ0) is 13.9. The third-order valence-corrected chi connectivity index (χ3v) is 7.21. The van der Waals surface area contributed by atoms with Gasteiger partial charge >= 0.3 is 125 Å². The van der Waals surface area contributed by atoms with Crippen LogP contribution in [-0.2, 0) is 7.86 Å². The second-order valence-electron chi connectivity index (χ2n) is 4.14. The minimum absolute atomic E-state index is 0.253. The molecule has 1 heterocycles. The molecule has 0 fully saturated rings. The first-order valence-corrected chi connectivity index (χ1v) is 9.05. The molecule has 4 nitrogen and oxygen atoms in total. The molecule has 5 heteroatoms. The molecule has 0 atom stereocenters. The molecule has 0 aliphatic carbocycles. The number of aromatic nitrogens is 2. The van der Waals surface area contributed by atoms with Crippen LogP contribution in [0.25, 0.3) is 11.0 Å². The number of hydrogen-bond donors (Lipinski definition) is 0. The average molecular weight is 380 g/mol. The van der Waals surface area contributed by atoms with Gasteiger partial charge in [0.25, 0.3) is 0 Å². The number of halogens is 1. The fraction of sp³-hybridized carbons (Fsp3) is 0.0667. The van der Waals surface area contributed by atoms with Crippen molar-refractivity contribution in [3.05, 3.63) is 64.5 Å². The predicted octanol–water partition coefficient (Wildman–Crippen LogP) is 3.65.